The molecule has 2 saturated heterocycles. The van der Waals surface area contributed by atoms with Gasteiger partial charge >= 0.3 is 12.1 Å². The summed E-state index contributed by atoms with van der Waals surface area (Å²) in [6, 6.07) is 37.6. The molecule has 10 nitrogen and oxygen atoms in total. The van der Waals surface area contributed by atoms with Crippen molar-refractivity contribution in [1.29, 1.82) is 0 Å². The number of fused-ring (bicyclic) bond motifs is 1. The summed E-state index contributed by atoms with van der Waals surface area (Å²) in [6.45, 7) is 2.13. The lowest BCUT2D eigenvalue weighted by Gasteiger charge is -2.37. The van der Waals surface area contributed by atoms with Crippen molar-refractivity contribution >= 4 is 44.1 Å². The molecular formula is C52H46F5N5O5S. The minimum absolute atomic E-state index is 0.0689. The molecule has 2 aliphatic heterocycles. The summed E-state index contributed by atoms with van der Waals surface area (Å²) in [4.78, 5) is 30.4. The highest BCUT2D eigenvalue weighted by atomic mass is 32.2. The van der Waals surface area contributed by atoms with Gasteiger partial charge in [-0.3, -0.25) is 14.5 Å². The van der Waals surface area contributed by atoms with E-state index < -0.39 is 55.9 Å². The summed E-state index contributed by atoms with van der Waals surface area (Å²) in [7, 11) is -4.62. The molecule has 1 aromatic heterocycles. The van der Waals surface area contributed by atoms with Gasteiger partial charge in [-0.05, 0) is 103 Å². The van der Waals surface area contributed by atoms with Gasteiger partial charge in [0.2, 0.25) is 9.84 Å². The zero-order valence-corrected chi connectivity index (χ0v) is 37.4. The van der Waals surface area contributed by atoms with E-state index in [1.807, 2.05) is 91.0 Å². The number of halogens is 5. The summed E-state index contributed by atoms with van der Waals surface area (Å²) in [5.41, 5.74) is 1.22. The minimum Gasteiger partial charge on any atom is -0.381 e. The summed E-state index contributed by atoms with van der Waals surface area (Å²) in [5, 5.41) is 7.99. The molecule has 16 heteroatoms. The van der Waals surface area contributed by atoms with Crippen molar-refractivity contribution in [3.05, 3.63) is 185 Å². The molecule has 0 bridgehead atoms. The molecule has 350 valence electrons. The molecule has 9 rings (SSSR count). The van der Waals surface area contributed by atoms with E-state index in [0.29, 0.717) is 40.7 Å². The number of hydrogen-bond donors (Lipinski definition) is 1. The monoisotopic (exact) mass is 947 g/mol. The number of likely N-dealkylation sites (tertiary alicyclic amines) is 1. The maximum Gasteiger partial charge on any atom is 0.471 e. The number of ether oxygens (including phenoxy) is 1. The van der Waals surface area contributed by atoms with Crippen LogP contribution in [0.15, 0.2) is 155 Å². The zero-order chi connectivity index (χ0) is 47.6. The summed E-state index contributed by atoms with van der Waals surface area (Å²) < 4.78 is 109. The van der Waals surface area contributed by atoms with Crippen molar-refractivity contribution in [1.82, 2.24) is 14.7 Å². The van der Waals surface area contributed by atoms with Crippen LogP contribution in [0.1, 0.15) is 64.7 Å². The van der Waals surface area contributed by atoms with Crippen LogP contribution in [0.3, 0.4) is 0 Å². The molecule has 2 aliphatic rings. The van der Waals surface area contributed by atoms with Crippen LogP contribution in [0.25, 0.3) is 10.9 Å². The molecule has 0 spiro atoms. The fourth-order valence-corrected chi connectivity index (χ4v) is 10.8. The molecule has 0 atom stereocenters. The number of hydrogen-bond acceptors (Lipinski definition) is 7. The molecule has 0 aliphatic carbocycles. The number of rotatable bonds is 12. The highest BCUT2D eigenvalue weighted by Crippen LogP contribution is 2.44. The van der Waals surface area contributed by atoms with Crippen LogP contribution in [0.4, 0.5) is 33.5 Å². The second-order valence-electron chi connectivity index (χ2n) is 17.0. The Kier molecular flexibility index (Phi) is 13.0. The van der Waals surface area contributed by atoms with E-state index in [9.17, 15) is 35.2 Å². The molecule has 0 saturated carbocycles. The lowest BCUT2D eigenvalue weighted by molar-refractivity contribution is -0.171. The number of aromatic nitrogens is 2. The smallest absolute Gasteiger partial charge is 0.381 e. The molecule has 6 aromatic carbocycles. The Morgan fingerprint density at radius 1 is 0.706 bits per heavy atom. The van der Waals surface area contributed by atoms with Gasteiger partial charge in [-0.25, -0.2) is 21.9 Å². The van der Waals surface area contributed by atoms with Gasteiger partial charge in [0.25, 0.3) is 5.91 Å². The van der Waals surface area contributed by atoms with Gasteiger partial charge in [-0.1, -0.05) is 103 Å². The first-order valence-electron chi connectivity index (χ1n) is 22.3. The Morgan fingerprint density at radius 2 is 1.28 bits per heavy atom. The van der Waals surface area contributed by atoms with Crippen LogP contribution < -0.4 is 10.2 Å². The molecule has 0 unspecified atom stereocenters. The van der Waals surface area contributed by atoms with Crippen molar-refractivity contribution in [2.45, 2.75) is 66.2 Å². The van der Waals surface area contributed by atoms with Crippen molar-refractivity contribution in [2.75, 3.05) is 36.5 Å². The first kappa shape index (κ1) is 46.4. The zero-order valence-electron chi connectivity index (χ0n) is 36.6. The summed E-state index contributed by atoms with van der Waals surface area (Å²) >= 11 is 0. The highest BCUT2D eigenvalue weighted by Gasteiger charge is 2.47. The molecule has 2 amide bonds. The maximum atomic E-state index is 15.1. The van der Waals surface area contributed by atoms with Crippen molar-refractivity contribution in [2.24, 2.45) is 0 Å². The third-order valence-corrected chi connectivity index (χ3v) is 14.4. The van der Waals surface area contributed by atoms with Crippen LogP contribution >= 0.6 is 0 Å². The van der Waals surface area contributed by atoms with Gasteiger partial charge < -0.3 is 15.0 Å². The SMILES string of the molecule is O=C(Nc1nn(C(c2ccccc2)(c2ccccc2)c2ccccc2)c2ccc(S(=O)(=O)c3cc(F)cc(F)c3)cc12)c1ccc(CN2CCCCC2)cc1N(C(=O)C(F)(F)F)C1CCOCC1. The molecule has 0 radical (unpaired) electrons. The van der Waals surface area contributed by atoms with E-state index in [1.54, 1.807) is 10.7 Å². The number of piperidine rings is 1. The number of nitrogens with zero attached hydrogens (tertiary/aromatic N) is 4. The average molecular weight is 948 g/mol. The minimum atomic E-state index is -5.30. The number of nitrogens with one attached hydrogen (secondary N) is 1. The van der Waals surface area contributed by atoms with E-state index in [0.717, 1.165) is 49.0 Å². The van der Waals surface area contributed by atoms with Crippen molar-refractivity contribution in [3.63, 3.8) is 0 Å². The first-order valence-corrected chi connectivity index (χ1v) is 23.8. The molecule has 68 heavy (non-hydrogen) atoms. The standard InChI is InChI=1S/C52H46F5N5O5S/c53-39-30-40(54)32-43(31-39)68(65,66)42-20-22-46-45(33-42)48(59-62(46)51(36-13-5-1-6-14-36,37-15-7-2-8-16-37)38-17-9-3-10-18-38)58-49(63)44-21-19-35(34-60-25-11-4-12-26-60)29-47(44)61(50(64)52(55,56)57)41-23-27-67-28-24-41/h1-3,5-10,13-22,29-33,41H,4,11-12,23-28,34H2,(H,58,59,63). The first-order chi connectivity index (χ1) is 32.7. The molecule has 7 aromatic rings. The lowest BCUT2D eigenvalue weighted by atomic mass is 9.77. The largest absolute Gasteiger partial charge is 0.471 e. The van der Waals surface area contributed by atoms with Crippen molar-refractivity contribution < 1.29 is 44.7 Å². The van der Waals surface area contributed by atoms with Crippen LogP contribution in [0.5, 0.6) is 0 Å². The van der Waals surface area contributed by atoms with Crippen LogP contribution in [0.2, 0.25) is 0 Å². The van der Waals surface area contributed by atoms with E-state index in [2.05, 4.69) is 10.2 Å². The number of alkyl halides is 3. The predicted molar refractivity (Wildman–Crippen MR) is 247 cm³/mol. The van der Waals surface area contributed by atoms with E-state index in [1.165, 1.54) is 30.3 Å². The normalized spacial score (nSPS) is 15.3. The molecule has 3 heterocycles. The Hall–Kier alpha value is -6.75. The van der Waals surface area contributed by atoms with Gasteiger partial charge in [-0.15, -0.1) is 0 Å². The fraction of sp³-hybridized carbons (Fsp3) is 0.250. The number of carbonyl (C=O) groups is 2. The maximum absolute atomic E-state index is 15.1. The van der Waals surface area contributed by atoms with Gasteiger partial charge in [0.15, 0.2) is 5.82 Å². The lowest BCUT2D eigenvalue weighted by Crippen LogP contribution is -2.50. The number of sulfone groups is 1. The molecule has 1 N–H and O–H groups in total. The van der Waals surface area contributed by atoms with Gasteiger partial charge in [0, 0.05) is 37.3 Å². The average Bonchev–Trinajstić information content (AvgIpc) is 3.70. The van der Waals surface area contributed by atoms with Crippen LogP contribution in [-0.4, -0.2) is 73.4 Å². The Morgan fingerprint density at radius 3 is 1.84 bits per heavy atom. The second-order valence-corrected chi connectivity index (χ2v) is 19.0. The predicted octanol–water partition coefficient (Wildman–Crippen LogP) is 10.3. The third kappa shape index (κ3) is 9.03. The van der Waals surface area contributed by atoms with E-state index in [4.69, 9.17) is 9.84 Å². The van der Waals surface area contributed by atoms with E-state index in [-0.39, 0.29) is 53.4 Å². The molecular weight excluding hydrogens is 902 g/mol. The summed E-state index contributed by atoms with van der Waals surface area (Å²) in [5.74, 6) is -5.48. The fourth-order valence-electron chi connectivity index (χ4n) is 9.51. The quantitative estimate of drug-likeness (QED) is 0.0959. The number of amides is 2. The van der Waals surface area contributed by atoms with E-state index >= 15 is 4.79 Å². The van der Waals surface area contributed by atoms with Gasteiger partial charge in [0.1, 0.15) is 17.2 Å². The Bertz CT molecular complexity index is 2950. The third-order valence-electron chi connectivity index (χ3n) is 12.7. The van der Waals surface area contributed by atoms with Gasteiger partial charge in [0.05, 0.1) is 26.6 Å². The topological polar surface area (TPSA) is 114 Å². The Balaban J connectivity index is 1.27. The number of anilines is 2. The Labute approximate surface area is 389 Å². The van der Waals surface area contributed by atoms with Gasteiger partial charge in [-0.2, -0.15) is 18.3 Å². The van der Waals surface area contributed by atoms with Crippen molar-refractivity contribution in [3.8, 4) is 0 Å². The summed E-state index contributed by atoms with van der Waals surface area (Å²) in [6.07, 6.45) is -2.16. The van der Waals surface area contributed by atoms with Crippen LogP contribution in [0, 0.1) is 11.6 Å². The number of carbonyl (C=O) groups excluding carboxylic acids is 2. The molecule has 2 fully saturated rings. The number of benzene rings is 6. The second kappa shape index (κ2) is 19.1. The highest BCUT2D eigenvalue weighted by molar-refractivity contribution is 7.91. The van der Waals surface area contributed by atoms with Crippen LogP contribution in [-0.2, 0) is 31.5 Å².